The molecule has 0 radical (unpaired) electrons. The smallest absolute Gasteiger partial charge is 0.274 e. The number of nitrogens with one attached hydrogen (secondary N) is 1. The lowest BCUT2D eigenvalue weighted by molar-refractivity contribution is 0.0364. The van der Waals surface area contributed by atoms with E-state index in [1.54, 1.807) is 6.92 Å². The molecule has 6 heteroatoms. The number of hydroxylamine groups is 1. The van der Waals surface area contributed by atoms with E-state index in [-0.39, 0.29) is 15.6 Å². The van der Waals surface area contributed by atoms with E-state index in [0.717, 1.165) is 6.07 Å². The number of hydrogen-bond donors (Lipinski definition) is 1. The molecule has 1 aromatic rings. The molecule has 1 rings (SSSR count). The first-order valence-electron chi connectivity index (χ1n) is 4.13. The van der Waals surface area contributed by atoms with Gasteiger partial charge in [0.05, 0.1) is 22.2 Å². The first-order valence-corrected chi connectivity index (χ1v) is 4.88. The van der Waals surface area contributed by atoms with Crippen molar-refractivity contribution in [3.8, 4) is 0 Å². The minimum absolute atomic E-state index is 0.0213. The van der Waals surface area contributed by atoms with Crippen molar-refractivity contribution >= 4 is 29.1 Å². The second-order valence-electron chi connectivity index (χ2n) is 2.61. The third kappa shape index (κ3) is 3.06. The second kappa shape index (κ2) is 5.30. The number of rotatable bonds is 3. The number of halogens is 3. The quantitative estimate of drug-likeness (QED) is 0.663. The monoisotopic (exact) mass is 251 g/mol. The van der Waals surface area contributed by atoms with Crippen LogP contribution in [0.4, 0.5) is 4.39 Å². The topological polar surface area (TPSA) is 38.3 Å². The van der Waals surface area contributed by atoms with Crippen molar-refractivity contribution in [2.45, 2.75) is 6.92 Å². The first kappa shape index (κ1) is 12.2. The lowest BCUT2D eigenvalue weighted by Crippen LogP contribution is -2.24. The fourth-order valence-corrected chi connectivity index (χ4v) is 1.36. The van der Waals surface area contributed by atoms with Gasteiger partial charge in [-0.1, -0.05) is 23.2 Å². The Balaban J connectivity index is 2.94. The molecule has 3 nitrogen and oxygen atoms in total. The average Bonchev–Trinajstić information content (AvgIpc) is 2.20. The van der Waals surface area contributed by atoms with Crippen molar-refractivity contribution in [1.29, 1.82) is 0 Å². The molecule has 0 spiro atoms. The standard InChI is InChI=1S/C9H8Cl2FNO2/c1-2-15-13-9(14)5-3-8(12)7(11)4-6(5)10/h3-4H,2H2,1H3,(H,13,14). The summed E-state index contributed by atoms with van der Waals surface area (Å²) < 4.78 is 13.0. The summed E-state index contributed by atoms with van der Waals surface area (Å²) in [6.07, 6.45) is 0. The zero-order valence-electron chi connectivity index (χ0n) is 7.81. The fraction of sp³-hybridized carbons (Fsp3) is 0.222. The Labute approximate surface area is 96.1 Å². The van der Waals surface area contributed by atoms with Crippen LogP contribution in [0.15, 0.2) is 12.1 Å². The van der Waals surface area contributed by atoms with Gasteiger partial charge in [-0.05, 0) is 19.1 Å². The lowest BCUT2D eigenvalue weighted by Gasteiger charge is -2.06. The van der Waals surface area contributed by atoms with Gasteiger partial charge in [-0.2, -0.15) is 0 Å². The summed E-state index contributed by atoms with van der Waals surface area (Å²) in [6, 6.07) is 2.12. The molecule has 0 atom stereocenters. The Morgan fingerprint density at radius 2 is 2.13 bits per heavy atom. The van der Waals surface area contributed by atoms with Crippen LogP contribution in [0.1, 0.15) is 17.3 Å². The third-order valence-electron chi connectivity index (χ3n) is 1.56. The highest BCUT2D eigenvalue weighted by Crippen LogP contribution is 2.24. The van der Waals surface area contributed by atoms with Crippen molar-refractivity contribution < 1.29 is 14.0 Å². The second-order valence-corrected chi connectivity index (χ2v) is 3.42. The summed E-state index contributed by atoms with van der Waals surface area (Å²) in [5, 5.41) is -0.0634. The molecule has 0 fully saturated rings. The van der Waals surface area contributed by atoms with E-state index >= 15 is 0 Å². The van der Waals surface area contributed by atoms with Crippen LogP contribution in [0.25, 0.3) is 0 Å². The van der Waals surface area contributed by atoms with E-state index in [2.05, 4.69) is 10.3 Å². The molecule has 0 aliphatic carbocycles. The maximum absolute atomic E-state index is 13.0. The van der Waals surface area contributed by atoms with Crippen molar-refractivity contribution in [1.82, 2.24) is 5.48 Å². The number of carbonyl (C=O) groups is 1. The zero-order valence-corrected chi connectivity index (χ0v) is 9.32. The van der Waals surface area contributed by atoms with Gasteiger partial charge in [0, 0.05) is 0 Å². The molecule has 15 heavy (non-hydrogen) atoms. The van der Waals surface area contributed by atoms with E-state index in [0.29, 0.717) is 6.61 Å². The fourth-order valence-electron chi connectivity index (χ4n) is 0.889. The highest BCUT2D eigenvalue weighted by Gasteiger charge is 2.13. The normalized spacial score (nSPS) is 10.1. The van der Waals surface area contributed by atoms with Gasteiger partial charge in [0.2, 0.25) is 0 Å². The van der Waals surface area contributed by atoms with E-state index < -0.39 is 11.7 Å². The minimum atomic E-state index is -0.706. The molecule has 0 saturated carbocycles. The van der Waals surface area contributed by atoms with Crippen LogP contribution < -0.4 is 5.48 Å². The average molecular weight is 252 g/mol. The van der Waals surface area contributed by atoms with E-state index in [1.807, 2.05) is 0 Å². The lowest BCUT2D eigenvalue weighted by atomic mass is 10.2. The molecule has 0 heterocycles. The predicted molar refractivity (Wildman–Crippen MR) is 55.5 cm³/mol. The highest BCUT2D eigenvalue weighted by molar-refractivity contribution is 6.36. The van der Waals surface area contributed by atoms with Gasteiger partial charge in [0.25, 0.3) is 5.91 Å². The number of amides is 1. The van der Waals surface area contributed by atoms with Crippen molar-refractivity contribution in [2.75, 3.05) is 6.61 Å². The zero-order chi connectivity index (χ0) is 11.4. The van der Waals surface area contributed by atoms with Gasteiger partial charge in [-0.25, -0.2) is 9.87 Å². The Bertz CT molecular complexity index is 385. The number of benzene rings is 1. The number of carbonyl (C=O) groups excluding carboxylic acids is 1. The largest absolute Gasteiger partial charge is 0.276 e. The molecule has 0 unspecified atom stereocenters. The van der Waals surface area contributed by atoms with Crippen molar-refractivity contribution in [3.05, 3.63) is 33.6 Å². The van der Waals surface area contributed by atoms with Gasteiger partial charge >= 0.3 is 0 Å². The molecule has 0 bridgehead atoms. The summed E-state index contributed by atoms with van der Waals surface area (Å²) >= 11 is 11.2. The summed E-state index contributed by atoms with van der Waals surface area (Å²) in [5.74, 6) is -1.32. The van der Waals surface area contributed by atoms with Crippen LogP contribution in [0.5, 0.6) is 0 Å². The molecule has 0 aliphatic heterocycles. The van der Waals surface area contributed by atoms with Gasteiger partial charge in [-0.3, -0.25) is 9.63 Å². The summed E-state index contributed by atoms with van der Waals surface area (Å²) in [7, 11) is 0. The summed E-state index contributed by atoms with van der Waals surface area (Å²) in [4.78, 5) is 16.0. The van der Waals surface area contributed by atoms with Gasteiger partial charge < -0.3 is 0 Å². The van der Waals surface area contributed by atoms with Crippen LogP contribution >= 0.6 is 23.2 Å². The maximum Gasteiger partial charge on any atom is 0.276 e. The van der Waals surface area contributed by atoms with Gasteiger partial charge in [0.1, 0.15) is 5.82 Å². The molecule has 0 aromatic heterocycles. The first-order chi connectivity index (χ1) is 7.06. The van der Waals surface area contributed by atoms with Crippen LogP contribution in [-0.2, 0) is 4.84 Å². The van der Waals surface area contributed by atoms with Crippen molar-refractivity contribution in [3.63, 3.8) is 0 Å². The molecular formula is C9H8Cl2FNO2. The van der Waals surface area contributed by atoms with E-state index in [1.165, 1.54) is 6.07 Å². The molecule has 1 aromatic carbocycles. The highest BCUT2D eigenvalue weighted by atomic mass is 35.5. The Morgan fingerprint density at radius 3 is 2.73 bits per heavy atom. The summed E-state index contributed by atoms with van der Waals surface area (Å²) in [5.41, 5.74) is 2.08. The van der Waals surface area contributed by atoms with E-state index in [9.17, 15) is 9.18 Å². The van der Waals surface area contributed by atoms with E-state index in [4.69, 9.17) is 23.2 Å². The predicted octanol–water partition coefficient (Wildman–Crippen LogP) is 2.81. The molecule has 1 amide bonds. The van der Waals surface area contributed by atoms with Crippen LogP contribution in [0.3, 0.4) is 0 Å². The van der Waals surface area contributed by atoms with Crippen molar-refractivity contribution in [2.24, 2.45) is 0 Å². The van der Waals surface area contributed by atoms with Gasteiger partial charge in [0.15, 0.2) is 0 Å². The minimum Gasteiger partial charge on any atom is -0.274 e. The van der Waals surface area contributed by atoms with Crippen LogP contribution in [-0.4, -0.2) is 12.5 Å². The SMILES string of the molecule is CCONC(=O)c1cc(F)c(Cl)cc1Cl. The van der Waals surface area contributed by atoms with Crippen LogP contribution in [0.2, 0.25) is 10.0 Å². The Hall–Kier alpha value is -0.840. The van der Waals surface area contributed by atoms with Crippen LogP contribution in [0, 0.1) is 5.82 Å². The molecule has 0 aliphatic rings. The molecule has 82 valence electrons. The molecule has 0 saturated heterocycles. The Kier molecular flexibility index (Phi) is 4.32. The van der Waals surface area contributed by atoms with Gasteiger partial charge in [-0.15, -0.1) is 0 Å². The molecular weight excluding hydrogens is 244 g/mol. The molecule has 1 N–H and O–H groups in total. The number of hydrogen-bond acceptors (Lipinski definition) is 2. The Morgan fingerprint density at radius 1 is 1.47 bits per heavy atom. The maximum atomic E-state index is 13.0. The summed E-state index contributed by atoms with van der Waals surface area (Å²) in [6.45, 7) is 2.00. The third-order valence-corrected chi connectivity index (χ3v) is 2.17.